The van der Waals surface area contributed by atoms with Crippen molar-refractivity contribution in [1.29, 1.82) is 0 Å². The lowest BCUT2D eigenvalue weighted by Crippen LogP contribution is -2.27. The van der Waals surface area contributed by atoms with E-state index in [0.717, 1.165) is 48.9 Å². The van der Waals surface area contributed by atoms with Crippen LogP contribution in [0.5, 0.6) is 0 Å². The summed E-state index contributed by atoms with van der Waals surface area (Å²) in [6.45, 7) is 6.15. The van der Waals surface area contributed by atoms with Crippen molar-refractivity contribution in [3.05, 3.63) is 23.4 Å². The molecule has 0 bridgehead atoms. The first-order chi connectivity index (χ1) is 8.25. The lowest BCUT2D eigenvalue weighted by Gasteiger charge is -2.21. The van der Waals surface area contributed by atoms with Crippen LogP contribution in [0.15, 0.2) is 6.07 Å². The molecule has 1 saturated heterocycles. The molecule has 0 amide bonds. The molecule has 90 valence electrons. The van der Waals surface area contributed by atoms with Crippen molar-refractivity contribution in [3.63, 3.8) is 0 Å². The largest absolute Gasteiger partial charge is 0.317 e. The van der Waals surface area contributed by atoms with E-state index in [1.165, 1.54) is 0 Å². The van der Waals surface area contributed by atoms with E-state index in [0.29, 0.717) is 5.92 Å². The van der Waals surface area contributed by atoms with Gasteiger partial charge in [0, 0.05) is 17.7 Å². The molecule has 1 fully saturated rings. The van der Waals surface area contributed by atoms with E-state index in [9.17, 15) is 0 Å². The van der Waals surface area contributed by atoms with E-state index in [-0.39, 0.29) is 0 Å². The number of fused-ring (bicyclic) bond motifs is 1. The van der Waals surface area contributed by atoms with E-state index in [4.69, 9.17) is 0 Å². The molecule has 2 aromatic heterocycles. The summed E-state index contributed by atoms with van der Waals surface area (Å²) in [6, 6.07) is 1.99. The van der Waals surface area contributed by atoms with Gasteiger partial charge in [0.15, 0.2) is 5.65 Å². The molecule has 0 aromatic carbocycles. The van der Waals surface area contributed by atoms with Crippen LogP contribution in [0.2, 0.25) is 0 Å². The molecule has 17 heavy (non-hydrogen) atoms. The molecule has 3 heterocycles. The van der Waals surface area contributed by atoms with Gasteiger partial charge in [0.25, 0.3) is 0 Å². The van der Waals surface area contributed by atoms with Crippen molar-refractivity contribution in [3.8, 4) is 0 Å². The minimum Gasteiger partial charge on any atom is -0.317 e. The van der Waals surface area contributed by atoms with E-state index >= 15 is 0 Å². The summed E-state index contributed by atoms with van der Waals surface area (Å²) in [7, 11) is 0. The summed E-state index contributed by atoms with van der Waals surface area (Å²) >= 11 is 0. The van der Waals surface area contributed by atoms with Crippen molar-refractivity contribution in [2.75, 3.05) is 13.1 Å². The lowest BCUT2D eigenvalue weighted by molar-refractivity contribution is 0.441. The standard InChI is InChI=1S/C12H17N5/c1-8-7-11-15-16-12(17(11)9(2)14-8)10-3-5-13-6-4-10/h7,10,13H,3-6H2,1-2H3. The first-order valence-electron chi connectivity index (χ1n) is 6.15. The van der Waals surface area contributed by atoms with Crippen LogP contribution in [0, 0.1) is 13.8 Å². The van der Waals surface area contributed by atoms with Gasteiger partial charge >= 0.3 is 0 Å². The number of aryl methyl sites for hydroxylation is 2. The Kier molecular flexibility index (Phi) is 2.55. The second-order valence-corrected chi connectivity index (χ2v) is 4.72. The van der Waals surface area contributed by atoms with Crippen molar-refractivity contribution < 1.29 is 0 Å². The van der Waals surface area contributed by atoms with Gasteiger partial charge in [-0.3, -0.25) is 4.40 Å². The zero-order valence-corrected chi connectivity index (χ0v) is 10.3. The van der Waals surface area contributed by atoms with E-state index < -0.39 is 0 Å². The third-order valence-corrected chi connectivity index (χ3v) is 3.42. The zero-order chi connectivity index (χ0) is 11.8. The first kappa shape index (κ1) is 10.7. The summed E-state index contributed by atoms with van der Waals surface area (Å²) in [5.74, 6) is 2.57. The number of nitrogens with zero attached hydrogens (tertiary/aromatic N) is 4. The SMILES string of the molecule is Cc1cc2nnc(C3CCNCC3)n2c(C)n1. The number of rotatable bonds is 1. The summed E-state index contributed by atoms with van der Waals surface area (Å²) in [5.41, 5.74) is 1.92. The maximum atomic E-state index is 4.50. The molecular weight excluding hydrogens is 214 g/mol. The van der Waals surface area contributed by atoms with E-state index in [1.807, 2.05) is 19.9 Å². The summed E-state index contributed by atoms with van der Waals surface area (Å²) in [6.07, 6.45) is 2.27. The fourth-order valence-electron chi connectivity index (χ4n) is 2.60. The van der Waals surface area contributed by atoms with Gasteiger partial charge in [-0.2, -0.15) is 0 Å². The minimum absolute atomic E-state index is 0.509. The van der Waals surface area contributed by atoms with Gasteiger partial charge in [-0.15, -0.1) is 10.2 Å². The Morgan fingerprint density at radius 2 is 2.00 bits per heavy atom. The van der Waals surface area contributed by atoms with Crippen LogP contribution < -0.4 is 5.32 Å². The molecule has 1 N–H and O–H groups in total. The Bertz CT molecular complexity index is 539. The Morgan fingerprint density at radius 3 is 2.76 bits per heavy atom. The first-order valence-corrected chi connectivity index (χ1v) is 6.15. The molecule has 0 spiro atoms. The summed E-state index contributed by atoms with van der Waals surface area (Å²) in [4.78, 5) is 4.50. The van der Waals surface area contributed by atoms with Gasteiger partial charge in [-0.1, -0.05) is 0 Å². The van der Waals surface area contributed by atoms with E-state index in [1.54, 1.807) is 0 Å². The average molecular weight is 231 g/mol. The number of aromatic nitrogens is 4. The van der Waals surface area contributed by atoms with Crippen molar-refractivity contribution in [2.45, 2.75) is 32.6 Å². The van der Waals surface area contributed by atoms with Gasteiger partial charge in [0.05, 0.1) is 0 Å². The molecule has 2 aromatic rings. The zero-order valence-electron chi connectivity index (χ0n) is 10.3. The van der Waals surface area contributed by atoms with Gasteiger partial charge in [-0.25, -0.2) is 4.98 Å². The van der Waals surface area contributed by atoms with Crippen LogP contribution in [0.25, 0.3) is 5.65 Å². The van der Waals surface area contributed by atoms with Crippen LogP contribution >= 0.6 is 0 Å². The van der Waals surface area contributed by atoms with Crippen molar-refractivity contribution >= 4 is 5.65 Å². The van der Waals surface area contributed by atoms with Gasteiger partial charge < -0.3 is 5.32 Å². The maximum Gasteiger partial charge on any atom is 0.164 e. The Morgan fingerprint density at radius 1 is 1.24 bits per heavy atom. The highest BCUT2D eigenvalue weighted by molar-refractivity contribution is 5.40. The van der Waals surface area contributed by atoms with Crippen LogP contribution in [-0.2, 0) is 0 Å². The molecule has 5 heteroatoms. The lowest BCUT2D eigenvalue weighted by atomic mass is 9.97. The monoisotopic (exact) mass is 231 g/mol. The predicted molar refractivity (Wildman–Crippen MR) is 65.1 cm³/mol. The topological polar surface area (TPSA) is 55.1 Å². The molecule has 0 aliphatic carbocycles. The highest BCUT2D eigenvalue weighted by Crippen LogP contribution is 2.24. The fourth-order valence-corrected chi connectivity index (χ4v) is 2.60. The highest BCUT2D eigenvalue weighted by atomic mass is 15.3. The van der Waals surface area contributed by atoms with Crippen LogP contribution in [0.3, 0.4) is 0 Å². The number of hydrogen-bond acceptors (Lipinski definition) is 4. The molecule has 1 aliphatic heterocycles. The third kappa shape index (κ3) is 1.80. The van der Waals surface area contributed by atoms with Gasteiger partial charge in [0.2, 0.25) is 0 Å². The van der Waals surface area contributed by atoms with Crippen LogP contribution in [-0.4, -0.2) is 32.7 Å². The average Bonchev–Trinajstić information content (AvgIpc) is 2.74. The quantitative estimate of drug-likeness (QED) is 0.801. The number of nitrogens with one attached hydrogen (secondary N) is 1. The highest BCUT2D eigenvalue weighted by Gasteiger charge is 2.21. The predicted octanol–water partition coefficient (Wildman–Crippen LogP) is 1.21. The number of hydrogen-bond donors (Lipinski definition) is 1. The van der Waals surface area contributed by atoms with Crippen LogP contribution in [0.1, 0.15) is 36.1 Å². The normalized spacial score (nSPS) is 17.8. The van der Waals surface area contributed by atoms with Crippen molar-refractivity contribution in [1.82, 2.24) is 24.9 Å². The molecule has 3 rings (SSSR count). The molecular formula is C12H17N5. The fraction of sp³-hybridized carbons (Fsp3) is 0.583. The van der Waals surface area contributed by atoms with Crippen molar-refractivity contribution in [2.24, 2.45) is 0 Å². The molecule has 0 atom stereocenters. The summed E-state index contributed by atoms with van der Waals surface area (Å²) in [5, 5.41) is 12.0. The van der Waals surface area contributed by atoms with Crippen LogP contribution in [0.4, 0.5) is 0 Å². The Balaban J connectivity index is 2.10. The third-order valence-electron chi connectivity index (χ3n) is 3.42. The van der Waals surface area contributed by atoms with Gasteiger partial charge in [-0.05, 0) is 39.8 Å². The Labute approximate surface area is 100 Å². The molecule has 0 unspecified atom stereocenters. The Hall–Kier alpha value is -1.49. The summed E-state index contributed by atoms with van der Waals surface area (Å²) < 4.78 is 2.10. The molecule has 0 radical (unpaired) electrons. The smallest absolute Gasteiger partial charge is 0.164 e. The molecule has 0 saturated carbocycles. The van der Waals surface area contributed by atoms with E-state index in [2.05, 4.69) is 24.9 Å². The maximum absolute atomic E-state index is 4.50. The second-order valence-electron chi connectivity index (χ2n) is 4.72. The number of piperidine rings is 1. The molecule has 5 nitrogen and oxygen atoms in total. The molecule has 1 aliphatic rings. The van der Waals surface area contributed by atoms with Gasteiger partial charge in [0.1, 0.15) is 11.6 Å². The second kappa shape index (κ2) is 4.07. The minimum atomic E-state index is 0.509.